The van der Waals surface area contributed by atoms with E-state index in [1.54, 1.807) is 23.1 Å². The highest BCUT2D eigenvalue weighted by molar-refractivity contribution is 6.07. The molecule has 9 nitrogen and oxygen atoms in total. The Bertz CT molecular complexity index is 909. The van der Waals surface area contributed by atoms with Crippen LogP contribution in [0.1, 0.15) is 51.4 Å². The second-order valence-corrected chi connectivity index (χ2v) is 8.36. The molecule has 0 unspecified atom stereocenters. The third-order valence-electron chi connectivity index (χ3n) is 6.32. The lowest BCUT2D eigenvalue weighted by atomic mass is 9.98. The molecule has 0 bridgehead atoms. The summed E-state index contributed by atoms with van der Waals surface area (Å²) in [5.74, 6) is 0.214. The standard InChI is InChI=1S/C22H28N4O5/c1-31-17-14-15(8-9-16(17)25-12-5-7-19(25)28)23-18(27)6-4-13-26-20(29)22(24-21(26)30)10-2-3-11-22/h8-9,14H,2-7,10-13H2,1H3,(H,23,27)(H,24,30). The summed E-state index contributed by atoms with van der Waals surface area (Å²) in [5, 5.41) is 5.66. The molecule has 1 spiro atoms. The Kier molecular flexibility index (Phi) is 5.84. The monoisotopic (exact) mass is 428 g/mol. The topological polar surface area (TPSA) is 108 Å². The highest BCUT2D eigenvalue weighted by Crippen LogP contribution is 2.35. The molecular weight excluding hydrogens is 400 g/mol. The molecule has 0 radical (unpaired) electrons. The lowest BCUT2D eigenvalue weighted by Gasteiger charge is -2.20. The Morgan fingerprint density at radius 2 is 1.97 bits per heavy atom. The van der Waals surface area contributed by atoms with Crippen molar-refractivity contribution in [2.45, 2.75) is 56.9 Å². The highest BCUT2D eigenvalue weighted by atomic mass is 16.5. The summed E-state index contributed by atoms with van der Waals surface area (Å²) in [6.07, 6.45) is 5.18. The molecule has 4 rings (SSSR count). The first kappa shape index (κ1) is 21.1. The van der Waals surface area contributed by atoms with E-state index >= 15 is 0 Å². The van der Waals surface area contributed by atoms with Crippen LogP contribution in [0.2, 0.25) is 0 Å². The summed E-state index contributed by atoms with van der Waals surface area (Å²) < 4.78 is 5.41. The Balaban J connectivity index is 1.30. The van der Waals surface area contributed by atoms with E-state index in [9.17, 15) is 19.2 Å². The largest absolute Gasteiger partial charge is 0.494 e. The van der Waals surface area contributed by atoms with Crippen LogP contribution >= 0.6 is 0 Å². The maximum Gasteiger partial charge on any atom is 0.325 e. The molecule has 2 aliphatic heterocycles. The molecule has 1 aromatic carbocycles. The Morgan fingerprint density at radius 1 is 1.19 bits per heavy atom. The minimum atomic E-state index is -0.714. The van der Waals surface area contributed by atoms with Crippen LogP contribution in [0.25, 0.3) is 0 Å². The minimum absolute atomic E-state index is 0.0648. The maximum absolute atomic E-state index is 12.6. The van der Waals surface area contributed by atoms with Crippen LogP contribution in [-0.4, -0.2) is 54.4 Å². The van der Waals surface area contributed by atoms with E-state index in [1.807, 2.05) is 0 Å². The van der Waals surface area contributed by atoms with Crippen molar-refractivity contribution in [1.82, 2.24) is 10.2 Å². The molecule has 5 amide bonds. The Hall–Kier alpha value is -3.10. The fourth-order valence-corrected chi connectivity index (χ4v) is 4.70. The zero-order valence-electron chi connectivity index (χ0n) is 17.7. The molecule has 3 fully saturated rings. The summed E-state index contributed by atoms with van der Waals surface area (Å²) in [7, 11) is 1.53. The van der Waals surface area contributed by atoms with E-state index in [0.29, 0.717) is 49.4 Å². The van der Waals surface area contributed by atoms with Gasteiger partial charge in [-0.25, -0.2) is 4.79 Å². The van der Waals surface area contributed by atoms with Crippen molar-refractivity contribution >= 4 is 35.1 Å². The molecule has 2 heterocycles. The number of carbonyl (C=O) groups is 4. The van der Waals surface area contributed by atoms with Gasteiger partial charge in [0.1, 0.15) is 11.3 Å². The zero-order valence-corrected chi connectivity index (χ0v) is 17.7. The Labute approximate surface area is 181 Å². The average molecular weight is 428 g/mol. The Morgan fingerprint density at radius 3 is 2.65 bits per heavy atom. The van der Waals surface area contributed by atoms with Gasteiger partial charge in [0.25, 0.3) is 5.91 Å². The van der Waals surface area contributed by atoms with E-state index in [-0.39, 0.29) is 36.7 Å². The number of amides is 5. The van der Waals surface area contributed by atoms with Gasteiger partial charge in [-0.05, 0) is 37.8 Å². The quantitative estimate of drug-likeness (QED) is 0.649. The molecule has 31 heavy (non-hydrogen) atoms. The molecule has 1 aliphatic carbocycles. The minimum Gasteiger partial charge on any atom is -0.494 e. The first-order chi connectivity index (χ1) is 14.9. The molecule has 1 saturated carbocycles. The van der Waals surface area contributed by atoms with Gasteiger partial charge < -0.3 is 20.3 Å². The van der Waals surface area contributed by atoms with Crippen molar-refractivity contribution in [3.8, 4) is 5.75 Å². The highest BCUT2D eigenvalue weighted by Gasteiger charge is 2.52. The molecule has 3 aliphatic rings. The van der Waals surface area contributed by atoms with Crippen LogP contribution in [0.5, 0.6) is 5.75 Å². The van der Waals surface area contributed by atoms with Gasteiger partial charge in [-0.15, -0.1) is 0 Å². The third-order valence-corrected chi connectivity index (χ3v) is 6.32. The fourth-order valence-electron chi connectivity index (χ4n) is 4.70. The van der Waals surface area contributed by atoms with Gasteiger partial charge in [-0.2, -0.15) is 0 Å². The SMILES string of the molecule is COc1cc(NC(=O)CCCN2C(=O)NC3(CCCC3)C2=O)ccc1N1CCCC1=O. The average Bonchev–Trinajstić information content (AvgIpc) is 3.45. The molecule has 0 aromatic heterocycles. The molecule has 166 valence electrons. The van der Waals surface area contributed by atoms with E-state index in [2.05, 4.69) is 10.6 Å². The van der Waals surface area contributed by atoms with Gasteiger partial charge in [-0.1, -0.05) is 12.8 Å². The van der Waals surface area contributed by atoms with E-state index < -0.39 is 5.54 Å². The first-order valence-corrected chi connectivity index (χ1v) is 10.9. The van der Waals surface area contributed by atoms with Crippen molar-refractivity contribution in [2.75, 3.05) is 30.4 Å². The molecule has 1 aromatic rings. The molecular formula is C22H28N4O5. The lowest BCUT2D eigenvalue weighted by Crippen LogP contribution is -2.44. The fraction of sp³-hybridized carbons (Fsp3) is 0.545. The molecule has 9 heteroatoms. The van der Waals surface area contributed by atoms with E-state index in [4.69, 9.17) is 4.74 Å². The predicted octanol–water partition coefficient (Wildman–Crippen LogP) is 2.41. The predicted molar refractivity (Wildman–Crippen MR) is 114 cm³/mol. The van der Waals surface area contributed by atoms with Crippen molar-refractivity contribution in [3.05, 3.63) is 18.2 Å². The number of rotatable bonds is 7. The number of carbonyl (C=O) groups excluding carboxylic acids is 4. The van der Waals surface area contributed by atoms with Crippen LogP contribution in [0.3, 0.4) is 0 Å². The van der Waals surface area contributed by atoms with Gasteiger partial charge in [-0.3, -0.25) is 19.3 Å². The van der Waals surface area contributed by atoms with Crippen LogP contribution in [0.4, 0.5) is 16.2 Å². The van der Waals surface area contributed by atoms with Crippen LogP contribution in [0.15, 0.2) is 18.2 Å². The molecule has 2 saturated heterocycles. The van der Waals surface area contributed by atoms with Crippen LogP contribution in [-0.2, 0) is 14.4 Å². The lowest BCUT2D eigenvalue weighted by molar-refractivity contribution is -0.131. The second-order valence-electron chi connectivity index (χ2n) is 8.36. The van der Waals surface area contributed by atoms with Crippen molar-refractivity contribution in [3.63, 3.8) is 0 Å². The maximum atomic E-state index is 12.6. The number of methoxy groups -OCH3 is 1. The first-order valence-electron chi connectivity index (χ1n) is 10.9. The number of hydrogen-bond donors (Lipinski definition) is 2. The van der Waals surface area contributed by atoms with Crippen LogP contribution < -0.4 is 20.3 Å². The zero-order chi connectivity index (χ0) is 22.0. The van der Waals surface area contributed by atoms with E-state index in [0.717, 1.165) is 19.3 Å². The van der Waals surface area contributed by atoms with Crippen molar-refractivity contribution < 1.29 is 23.9 Å². The van der Waals surface area contributed by atoms with Crippen molar-refractivity contribution in [1.29, 1.82) is 0 Å². The number of imide groups is 1. The summed E-state index contributed by atoms with van der Waals surface area (Å²) in [5.41, 5.74) is 0.550. The third kappa shape index (κ3) is 4.08. The summed E-state index contributed by atoms with van der Waals surface area (Å²) in [6, 6.07) is 4.85. The summed E-state index contributed by atoms with van der Waals surface area (Å²) in [6.45, 7) is 0.879. The van der Waals surface area contributed by atoms with Crippen molar-refractivity contribution in [2.24, 2.45) is 0 Å². The number of ether oxygens (including phenoxy) is 1. The summed E-state index contributed by atoms with van der Waals surface area (Å²) in [4.78, 5) is 52.2. The molecule has 0 atom stereocenters. The second kappa shape index (κ2) is 8.56. The number of urea groups is 1. The molecule has 2 N–H and O–H groups in total. The normalized spacial score (nSPS) is 20.0. The van der Waals surface area contributed by atoms with Crippen LogP contribution in [0, 0.1) is 0 Å². The number of nitrogens with one attached hydrogen (secondary N) is 2. The smallest absolute Gasteiger partial charge is 0.325 e. The van der Waals surface area contributed by atoms with Gasteiger partial charge in [0.05, 0.1) is 12.8 Å². The van der Waals surface area contributed by atoms with Gasteiger partial charge >= 0.3 is 6.03 Å². The van der Waals surface area contributed by atoms with Gasteiger partial charge in [0, 0.05) is 37.7 Å². The number of nitrogens with zero attached hydrogens (tertiary/aromatic N) is 2. The number of hydrogen-bond acceptors (Lipinski definition) is 5. The summed E-state index contributed by atoms with van der Waals surface area (Å²) >= 11 is 0. The number of anilines is 2. The van der Waals surface area contributed by atoms with Gasteiger partial charge in [0.15, 0.2) is 0 Å². The van der Waals surface area contributed by atoms with E-state index in [1.165, 1.54) is 12.0 Å². The number of benzene rings is 1. The van der Waals surface area contributed by atoms with Gasteiger partial charge in [0.2, 0.25) is 11.8 Å².